The first-order chi connectivity index (χ1) is 12.9. The third-order valence-corrected chi connectivity index (χ3v) is 6.37. The fourth-order valence-electron chi connectivity index (χ4n) is 4.99. The SMILES string of the molecule is CCC(C[C@@H]1C2c3cccc(CCCC(=O)OC)c3O[C@@]2(C)C[C@H]1O)OC. The van der Waals surface area contributed by atoms with E-state index in [1.165, 1.54) is 12.7 Å². The monoisotopic (exact) mass is 376 g/mol. The zero-order valence-corrected chi connectivity index (χ0v) is 16.9. The highest BCUT2D eigenvalue weighted by atomic mass is 16.5. The van der Waals surface area contributed by atoms with Crippen LogP contribution in [0.15, 0.2) is 18.2 Å². The number of hydrogen-bond donors (Lipinski definition) is 1. The maximum absolute atomic E-state index is 11.4. The second kappa shape index (κ2) is 8.19. The van der Waals surface area contributed by atoms with Gasteiger partial charge in [-0.05, 0) is 44.1 Å². The van der Waals surface area contributed by atoms with Gasteiger partial charge in [-0.2, -0.15) is 0 Å². The van der Waals surface area contributed by atoms with Crippen molar-refractivity contribution in [2.45, 2.75) is 76.1 Å². The van der Waals surface area contributed by atoms with Crippen LogP contribution in [0.5, 0.6) is 5.75 Å². The highest BCUT2D eigenvalue weighted by Gasteiger charge is 2.57. The zero-order valence-electron chi connectivity index (χ0n) is 16.9. The summed E-state index contributed by atoms with van der Waals surface area (Å²) in [5.41, 5.74) is 1.95. The van der Waals surface area contributed by atoms with Crippen molar-refractivity contribution in [2.24, 2.45) is 5.92 Å². The Labute approximate surface area is 162 Å². The number of ether oxygens (including phenoxy) is 3. The van der Waals surface area contributed by atoms with Crippen LogP contribution in [-0.4, -0.2) is 43.1 Å². The fourth-order valence-corrected chi connectivity index (χ4v) is 4.99. The molecule has 27 heavy (non-hydrogen) atoms. The van der Waals surface area contributed by atoms with Gasteiger partial charge in [-0.25, -0.2) is 0 Å². The summed E-state index contributed by atoms with van der Waals surface area (Å²) in [4.78, 5) is 11.4. The van der Waals surface area contributed by atoms with Crippen molar-refractivity contribution in [3.05, 3.63) is 29.3 Å². The molecule has 1 fully saturated rings. The van der Waals surface area contributed by atoms with Crippen molar-refractivity contribution in [3.63, 3.8) is 0 Å². The summed E-state index contributed by atoms with van der Waals surface area (Å²) in [6, 6.07) is 6.28. The standard InChI is InChI=1S/C22H32O5/c1-5-15(25-3)12-17-18(23)13-22(2)20(17)16-10-6-8-14(21(16)27-22)9-7-11-19(24)26-4/h6,8,10,15,17-18,20,23H,5,7,9,11-13H2,1-4H3/t15?,17-,18+,20?,22-/m0/s1. The molecular formula is C22H32O5. The first kappa shape index (κ1) is 20.2. The lowest BCUT2D eigenvalue weighted by atomic mass is 9.79. The summed E-state index contributed by atoms with van der Waals surface area (Å²) in [5.74, 6) is 1.08. The van der Waals surface area contributed by atoms with E-state index in [-0.39, 0.29) is 35.6 Å². The first-order valence-electron chi connectivity index (χ1n) is 10.0. The van der Waals surface area contributed by atoms with Gasteiger partial charge in [0.25, 0.3) is 0 Å². The lowest BCUT2D eigenvalue weighted by molar-refractivity contribution is -0.140. The van der Waals surface area contributed by atoms with Crippen LogP contribution >= 0.6 is 0 Å². The Bertz CT molecular complexity index is 669. The molecule has 0 amide bonds. The summed E-state index contributed by atoms with van der Waals surface area (Å²) in [5, 5.41) is 10.7. The maximum atomic E-state index is 11.4. The average Bonchev–Trinajstić information content (AvgIpc) is 3.07. The highest BCUT2D eigenvalue weighted by molar-refractivity contribution is 5.69. The molecule has 1 aliphatic heterocycles. The number of para-hydroxylation sites is 1. The van der Waals surface area contributed by atoms with Crippen LogP contribution in [0, 0.1) is 5.92 Å². The molecule has 1 N–H and O–H groups in total. The number of methoxy groups -OCH3 is 2. The predicted molar refractivity (Wildman–Crippen MR) is 103 cm³/mol. The topological polar surface area (TPSA) is 65.0 Å². The molecular weight excluding hydrogens is 344 g/mol. The van der Waals surface area contributed by atoms with Crippen LogP contribution in [0.4, 0.5) is 0 Å². The van der Waals surface area contributed by atoms with E-state index in [0.29, 0.717) is 12.8 Å². The van der Waals surface area contributed by atoms with Gasteiger partial charge in [0.2, 0.25) is 0 Å². The van der Waals surface area contributed by atoms with Gasteiger partial charge >= 0.3 is 5.97 Å². The molecule has 1 aromatic rings. The van der Waals surface area contributed by atoms with E-state index in [0.717, 1.165) is 37.0 Å². The maximum Gasteiger partial charge on any atom is 0.305 e. The lowest BCUT2D eigenvalue weighted by Gasteiger charge is -2.27. The van der Waals surface area contributed by atoms with Crippen molar-refractivity contribution in [1.82, 2.24) is 0 Å². The van der Waals surface area contributed by atoms with Crippen LogP contribution in [-0.2, 0) is 20.7 Å². The Hall–Kier alpha value is -1.59. The summed E-state index contributed by atoms with van der Waals surface area (Å²) in [7, 11) is 3.16. The minimum absolute atomic E-state index is 0.131. The number of carbonyl (C=O) groups is 1. The van der Waals surface area contributed by atoms with E-state index in [4.69, 9.17) is 14.2 Å². The average molecular weight is 376 g/mol. The minimum Gasteiger partial charge on any atom is -0.486 e. The largest absolute Gasteiger partial charge is 0.486 e. The summed E-state index contributed by atoms with van der Waals surface area (Å²) in [6.45, 7) is 4.24. The normalized spacial score (nSPS) is 29.7. The molecule has 0 bridgehead atoms. The number of carbonyl (C=O) groups excluding carboxylic acids is 1. The van der Waals surface area contributed by atoms with Crippen molar-refractivity contribution in [3.8, 4) is 5.75 Å². The Morgan fingerprint density at radius 2 is 2.19 bits per heavy atom. The molecule has 150 valence electrons. The second-order valence-corrected chi connectivity index (χ2v) is 8.09. The van der Waals surface area contributed by atoms with E-state index in [9.17, 15) is 9.90 Å². The smallest absolute Gasteiger partial charge is 0.305 e. The second-order valence-electron chi connectivity index (χ2n) is 8.09. The van der Waals surface area contributed by atoms with Gasteiger partial charge in [-0.3, -0.25) is 4.79 Å². The van der Waals surface area contributed by atoms with E-state index in [2.05, 4.69) is 32.0 Å². The minimum atomic E-state index is -0.378. The molecule has 1 aliphatic carbocycles. The number of aryl methyl sites for hydroxylation is 1. The Morgan fingerprint density at radius 3 is 2.85 bits per heavy atom. The van der Waals surface area contributed by atoms with Gasteiger partial charge in [-0.1, -0.05) is 25.1 Å². The predicted octanol–water partition coefficient (Wildman–Crippen LogP) is 3.61. The number of aliphatic hydroxyl groups excluding tert-OH is 1. The van der Waals surface area contributed by atoms with E-state index < -0.39 is 0 Å². The van der Waals surface area contributed by atoms with Crippen LogP contribution in [0.2, 0.25) is 0 Å². The van der Waals surface area contributed by atoms with Gasteiger partial charge in [0.05, 0.1) is 19.3 Å². The molecule has 2 unspecified atom stereocenters. The van der Waals surface area contributed by atoms with Gasteiger partial charge < -0.3 is 19.3 Å². The lowest BCUT2D eigenvalue weighted by Crippen LogP contribution is -2.32. The van der Waals surface area contributed by atoms with E-state index >= 15 is 0 Å². The molecule has 3 rings (SSSR count). The molecule has 0 radical (unpaired) electrons. The zero-order chi connectivity index (χ0) is 19.6. The number of benzene rings is 1. The summed E-state index contributed by atoms with van der Waals surface area (Å²) < 4.78 is 16.8. The number of aliphatic hydroxyl groups is 1. The molecule has 5 atom stereocenters. The van der Waals surface area contributed by atoms with Gasteiger partial charge in [-0.15, -0.1) is 0 Å². The van der Waals surface area contributed by atoms with Crippen molar-refractivity contribution in [2.75, 3.05) is 14.2 Å². The molecule has 0 saturated heterocycles. The Balaban J connectivity index is 1.82. The summed E-state index contributed by atoms with van der Waals surface area (Å²) in [6.07, 6.45) is 4.12. The number of esters is 1. The third kappa shape index (κ3) is 3.85. The number of fused-ring (bicyclic) bond motifs is 3. The molecule has 1 saturated carbocycles. The van der Waals surface area contributed by atoms with Gasteiger partial charge in [0, 0.05) is 31.4 Å². The van der Waals surface area contributed by atoms with Crippen LogP contribution in [0.1, 0.15) is 63.0 Å². The van der Waals surface area contributed by atoms with Crippen molar-refractivity contribution < 1.29 is 24.1 Å². The molecule has 5 heteroatoms. The summed E-state index contributed by atoms with van der Waals surface area (Å²) >= 11 is 0. The van der Waals surface area contributed by atoms with Crippen molar-refractivity contribution >= 4 is 5.97 Å². The third-order valence-electron chi connectivity index (χ3n) is 6.37. The Morgan fingerprint density at radius 1 is 1.41 bits per heavy atom. The van der Waals surface area contributed by atoms with E-state index in [1.807, 2.05) is 0 Å². The first-order valence-corrected chi connectivity index (χ1v) is 10.0. The number of hydrogen-bond acceptors (Lipinski definition) is 5. The van der Waals surface area contributed by atoms with E-state index in [1.54, 1.807) is 7.11 Å². The molecule has 1 aromatic carbocycles. The molecule has 0 spiro atoms. The highest BCUT2D eigenvalue weighted by Crippen LogP contribution is 2.58. The van der Waals surface area contributed by atoms with Crippen LogP contribution in [0.25, 0.3) is 0 Å². The molecule has 1 heterocycles. The molecule has 5 nitrogen and oxygen atoms in total. The van der Waals surface area contributed by atoms with Crippen LogP contribution < -0.4 is 4.74 Å². The van der Waals surface area contributed by atoms with Crippen molar-refractivity contribution in [1.29, 1.82) is 0 Å². The number of rotatable bonds is 8. The van der Waals surface area contributed by atoms with Gasteiger partial charge in [0.15, 0.2) is 0 Å². The van der Waals surface area contributed by atoms with Gasteiger partial charge in [0.1, 0.15) is 11.4 Å². The Kier molecular flexibility index (Phi) is 6.11. The molecule has 0 aromatic heterocycles. The quantitative estimate of drug-likeness (QED) is 0.702. The van der Waals surface area contributed by atoms with Crippen LogP contribution in [0.3, 0.4) is 0 Å². The fraction of sp³-hybridized carbons (Fsp3) is 0.682. The molecule has 2 aliphatic rings.